The number of alkyl halides is 3. The van der Waals surface area contributed by atoms with Crippen molar-refractivity contribution in [3.8, 4) is 5.75 Å². The molecule has 0 saturated carbocycles. The fourth-order valence-electron chi connectivity index (χ4n) is 1.65. The Morgan fingerprint density at radius 3 is 2.68 bits per heavy atom. The Bertz CT molecular complexity index is 485. The minimum atomic E-state index is -4.49. The normalized spacial score (nSPS) is 15.7. The SMILES string of the molecule is Fc1cc(C2=NCCCN2)ccc1OCC(F)(F)F. The fraction of sp³-hybridized carbons (Fsp3) is 0.417. The predicted molar refractivity (Wildman–Crippen MR) is 62.0 cm³/mol. The van der Waals surface area contributed by atoms with Gasteiger partial charge in [-0.2, -0.15) is 13.2 Å². The maximum absolute atomic E-state index is 13.6. The van der Waals surface area contributed by atoms with Crippen LogP contribution in [-0.4, -0.2) is 31.7 Å². The third kappa shape index (κ3) is 3.84. The van der Waals surface area contributed by atoms with Gasteiger partial charge < -0.3 is 10.1 Å². The van der Waals surface area contributed by atoms with Crippen molar-refractivity contribution in [3.63, 3.8) is 0 Å². The molecule has 1 aliphatic heterocycles. The number of halogens is 4. The zero-order valence-electron chi connectivity index (χ0n) is 9.93. The van der Waals surface area contributed by atoms with Gasteiger partial charge in [0.15, 0.2) is 18.2 Å². The third-order valence-corrected chi connectivity index (χ3v) is 2.49. The number of hydrogen-bond donors (Lipinski definition) is 1. The first kappa shape index (κ1) is 13.6. The van der Waals surface area contributed by atoms with Crippen LogP contribution in [0.2, 0.25) is 0 Å². The van der Waals surface area contributed by atoms with E-state index in [0.717, 1.165) is 19.0 Å². The first-order valence-electron chi connectivity index (χ1n) is 5.73. The Kier molecular flexibility index (Phi) is 3.92. The van der Waals surface area contributed by atoms with Gasteiger partial charge in [-0.15, -0.1) is 0 Å². The average molecular weight is 276 g/mol. The number of rotatable bonds is 3. The topological polar surface area (TPSA) is 33.6 Å². The van der Waals surface area contributed by atoms with Gasteiger partial charge >= 0.3 is 6.18 Å². The van der Waals surface area contributed by atoms with E-state index in [1.807, 2.05) is 0 Å². The minimum absolute atomic E-state index is 0.419. The Balaban J connectivity index is 2.10. The summed E-state index contributed by atoms with van der Waals surface area (Å²) in [6.07, 6.45) is -3.58. The van der Waals surface area contributed by atoms with Crippen LogP contribution in [0.5, 0.6) is 5.75 Å². The molecule has 2 rings (SSSR count). The van der Waals surface area contributed by atoms with Gasteiger partial charge in [-0.05, 0) is 24.6 Å². The molecule has 0 saturated heterocycles. The van der Waals surface area contributed by atoms with Crippen LogP contribution in [0.15, 0.2) is 23.2 Å². The van der Waals surface area contributed by atoms with E-state index in [9.17, 15) is 17.6 Å². The predicted octanol–water partition coefficient (Wildman–Crippen LogP) is 2.51. The summed E-state index contributed by atoms with van der Waals surface area (Å²) in [4.78, 5) is 4.17. The smallest absolute Gasteiger partial charge is 0.422 e. The van der Waals surface area contributed by atoms with Crippen molar-refractivity contribution in [1.29, 1.82) is 0 Å². The van der Waals surface area contributed by atoms with Crippen LogP contribution in [0.25, 0.3) is 0 Å². The molecule has 19 heavy (non-hydrogen) atoms. The van der Waals surface area contributed by atoms with Gasteiger partial charge in [-0.3, -0.25) is 4.99 Å². The maximum Gasteiger partial charge on any atom is 0.422 e. The summed E-state index contributed by atoms with van der Waals surface area (Å²) >= 11 is 0. The van der Waals surface area contributed by atoms with Crippen molar-refractivity contribution in [2.75, 3.05) is 19.7 Å². The lowest BCUT2D eigenvalue weighted by Crippen LogP contribution is -2.30. The molecule has 1 aromatic rings. The third-order valence-electron chi connectivity index (χ3n) is 2.49. The number of aliphatic imine (C=N–C) groups is 1. The Morgan fingerprint density at radius 1 is 1.32 bits per heavy atom. The molecule has 3 nitrogen and oxygen atoms in total. The van der Waals surface area contributed by atoms with Gasteiger partial charge in [0.05, 0.1) is 0 Å². The quantitative estimate of drug-likeness (QED) is 0.861. The highest BCUT2D eigenvalue weighted by Gasteiger charge is 2.29. The lowest BCUT2D eigenvalue weighted by molar-refractivity contribution is -0.153. The first-order valence-corrected chi connectivity index (χ1v) is 5.73. The molecule has 1 N–H and O–H groups in total. The summed E-state index contributed by atoms with van der Waals surface area (Å²) in [7, 11) is 0. The van der Waals surface area contributed by atoms with Gasteiger partial charge in [0.25, 0.3) is 0 Å². The number of nitrogens with zero attached hydrogens (tertiary/aromatic N) is 1. The highest BCUT2D eigenvalue weighted by molar-refractivity contribution is 5.99. The lowest BCUT2D eigenvalue weighted by Gasteiger charge is -2.15. The summed E-state index contributed by atoms with van der Waals surface area (Å²) in [5.41, 5.74) is 0.497. The van der Waals surface area contributed by atoms with Crippen LogP contribution in [0, 0.1) is 5.82 Å². The zero-order chi connectivity index (χ0) is 13.9. The summed E-state index contributed by atoms with van der Waals surface area (Å²) in [5, 5.41) is 3.00. The highest BCUT2D eigenvalue weighted by Crippen LogP contribution is 2.22. The van der Waals surface area contributed by atoms with Crippen molar-refractivity contribution in [2.24, 2.45) is 4.99 Å². The first-order chi connectivity index (χ1) is 8.96. The zero-order valence-corrected chi connectivity index (χ0v) is 9.93. The summed E-state index contributed by atoms with van der Waals surface area (Å²) < 4.78 is 53.9. The summed E-state index contributed by atoms with van der Waals surface area (Å²) in [5.74, 6) is -0.707. The number of nitrogens with one attached hydrogen (secondary N) is 1. The Hall–Kier alpha value is -1.79. The molecule has 0 amide bonds. The van der Waals surface area contributed by atoms with Crippen LogP contribution in [-0.2, 0) is 0 Å². The Morgan fingerprint density at radius 2 is 2.11 bits per heavy atom. The van der Waals surface area contributed by atoms with Crippen molar-refractivity contribution >= 4 is 5.84 Å². The molecule has 0 atom stereocenters. The van der Waals surface area contributed by atoms with Crippen LogP contribution in [0.4, 0.5) is 17.6 Å². The molecule has 0 radical (unpaired) electrons. The fourth-order valence-corrected chi connectivity index (χ4v) is 1.65. The molecule has 1 aromatic carbocycles. The second-order valence-electron chi connectivity index (χ2n) is 4.06. The van der Waals surface area contributed by atoms with Crippen LogP contribution in [0.1, 0.15) is 12.0 Å². The van der Waals surface area contributed by atoms with Crippen molar-refractivity contribution in [2.45, 2.75) is 12.6 Å². The van der Waals surface area contributed by atoms with E-state index < -0.39 is 24.3 Å². The maximum atomic E-state index is 13.6. The van der Waals surface area contributed by atoms with Gasteiger partial charge in [0.2, 0.25) is 0 Å². The second kappa shape index (κ2) is 5.46. The average Bonchev–Trinajstić information content (AvgIpc) is 2.37. The highest BCUT2D eigenvalue weighted by atomic mass is 19.4. The second-order valence-corrected chi connectivity index (χ2v) is 4.06. The molecular weight excluding hydrogens is 264 g/mol. The lowest BCUT2D eigenvalue weighted by atomic mass is 10.1. The number of hydrogen-bond acceptors (Lipinski definition) is 3. The van der Waals surface area contributed by atoms with E-state index >= 15 is 0 Å². The monoisotopic (exact) mass is 276 g/mol. The molecule has 0 aromatic heterocycles. The van der Waals surface area contributed by atoms with E-state index in [1.165, 1.54) is 12.1 Å². The Labute approximate surface area is 107 Å². The van der Waals surface area contributed by atoms with Crippen molar-refractivity contribution in [1.82, 2.24) is 5.32 Å². The van der Waals surface area contributed by atoms with E-state index in [-0.39, 0.29) is 0 Å². The summed E-state index contributed by atoms with van der Waals surface area (Å²) in [6, 6.07) is 3.77. The van der Waals surface area contributed by atoms with Gasteiger partial charge in [-0.1, -0.05) is 0 Å². The van der Waals surface area contributed by atoms with Crippen molar-refractivity contribution < 1.29 is 22.3 Å². The summed E-state index contributed by atoms with van der Waals surface area (Å²) in [6.45, 7) is -0.120. The van der Waals surface area contributed by atoms with Crippen molar-refractivity contribution in [3.05, 3.63) is 29.6 Å². The number of ether oxygens (including phenoxy) is 1. The number of amidine groups is 1. The molecular formula is C12H12F4N2O. The van der Waals surface area contributed by atoms with E-state index in [2.05, 4.69) is 15.0 Å². The molecule has 0 spiro atoms. The van der Waals surface area contributed by atoms with Crippen LogP contribution >= 0.6 is 0 Å². The largest absolute Gasteiger partial charge is 0.481 e. The van der Waals surface area contributed by atoms with Gasteiger partial charge in [0.1, 0.15) is 5.84 Å². The molecule has 7 heteroatoms. The van der Waals surface area contributed by atoms with E-state index in [0.29, 0.717) is 17.9 Å². The minimum Gasteiger partial charge on any atom is -0.481 e. The van der Waals surface area contributed by atoms with Gasteiger partial charge in [0, 0.05) is 18.7 Å². The van der Waals surface area contributed by atoms with E-state index in [1.54, 1.807) is 0 Å². The molecule has 0 bridgehead atoms. The molecule has 1 aliphatic rings. The molecule has 0 aliphatic carbocycles. The van der Waals surface area contributed by atoms with Crippen LogP contribution in [0.3, 0.4) is 0 Å². The van der Waals surface area contributed by atoms with Gasteiger partial charge in [-0.25, -0.2) is 4.39 Å². The van der Waals surface area contributed by atoms with E-state index in [4.69, 9.17) is 0 Å². The van der Waals surface area contributed by atoms with Crippen LogP contribution < -0.4 is 10.1 Å². The molecule has 0 fully saturated rings. The standard InChI is InChI=1S/C12H12F4N2O/c13-9-6-8(11-17-4-1-5-18-11)2-3-10(9)19-7-12(14,15)16/h2-3,6H,1,4-5,7H2,(H,17,18). The number of benzene rings is 1. The molecule has 104 valence electrons. The molecule has 0 unspecified atom stereocenters. The molecule has 1 heterocycles.